The molecule has 1 heterocycles. The summed E-state index contributed by atoms with van der Waals surface area (Å²) in [7, 11) is 0. The smallest absolute Gasteiger partial charge is 0.136 e. The summed E-state index contributed by atoms with van der Waals surface area (Å²) >= 11 is 0. The van der Waals surface area contributed by atoms with Gasteiger partial charge in [0.15, 0.2) is 0 Å². The number of rotatable bonds is 6. The molecule has 0 radical (unpaired) electrons. The van der Waals surface area contributed by atoms with Gasteiger partial charge in [0.1, 0.15) is 11.5 Å². The van der Waals surface area contributed by atoms with Crippen molar-refractivity contribution < 1.29 is 9.53 Å². The number of fused-ring (bicyclic) bond motifs is 1. The Morgan fingerprint density at radius 2 is 2.28 bits per heavy atom. The van der Waals surface area contributed by atoms with Crippen LogP contribution < -0.4 is 4.74 Å². The Labute approximate surface area is 109 Å². The average molecular weight is 246 g/mol. The minimum Gasteiger partial charge on any atom is -0.493 e. The van der Waals surface area contributed by atoms with Gasteiger partial charge in [0.25, 0.3) is 0 Å². The third-order valence-corrected chi connectivity index (χ3v) is 3.69. The lowest BCUT2D eigenvalue weighted by molar-refractivity contribution is -0.122. The highest BCUT2D eigenvalue weighted by atomic mass is 16.5. The lowest BCUT2D eigenvalue weighted by Gasteiger charge is -2.09. The van der Waals surface area contributed by atoms with E-state index in [9.17, 15) is 4.79 Å². The van der Waals surface area contributed by atoms with Gasteiger partial charge < -0.3 is 4.74 Å². The number of aryl methyl sites for hydroxylation is 1. The fourth-order valence-electron chi connectivity index (χ4n) is 2.50. The van der Waals surface area contributed by atoms with Gasteiger partial charge in [-0.15, -0.1) is 0 Å². The number of ketones is 1. The van der Waals surface area contributed by atoms with Crippen LogP contribution in [0.3, 0.4) is 0 Å². The lowest BCUT2D eigenvalue weighted by atomic mass is 9.95. The Balaban J connectivity index is 1.88. The molecule has 0 bridgehead atoms. The van der Waals surface area contributed by atoms with E-state index in [-0.39, 0.29) is 5.92 Å². The van der Waals surface area contributed by atoms with Crippen LogP contribution in [-0.4, -0.2) is 12.4 Å². The molecule has 2 nitrogen and oxygen atoms in total. The zero-order chi connectivity index (χ0) is 13.0. The van der Waals surface area contributed by atoms with Crippen molar-refractivity contribution in [1.82, 2.24) is 0 Å². The summed E-state index contributed by atoms with van der Waals surface area (Å²) < 4.78 is 5.48. The van der Waals surface area contributed by atoms with Crippen molar-refractivity contribution in [3.8, 4) is 5.75 Å². The molecule has 0 fully saturated rings. The molecule has 0 N–H and O–H groups in total. The monoisotopic (exact) mass is 246 g/mol. The summed E-state index contributed by atoms with van der Waals surface area (Å²) in [6.45, 7) is 4.97. The van der Waals surface area contributed by atoms with Crippen molar-refractivity contribution in [3.63, 3.8) is 0 Å². The molecule has 0 amide bonds. The largest absolute Gasteiger partial charge is 0.493 e. The van der Waals surface area contributed by atoms with Crippen molar-refractivity contribution in [2.45, 2.75) is 46.0 Å². The Bertz CT molecular complexity index is 423. The predicted octanol–water partition coefficient (Wildman–Crippen LogP) is 3.56. The highest BCUT2D eigenvalue weighted by Crippen LogP contribution is 2.26. The quantitative estimate of drug-likeness (QED) is 0.767. The van der Waals surface area contributed by atoms with Gasteiger partial charge >= 0.3 is 0 Å². The summed E-state index contributed by atoms with van der Waals surface area (Å²) in [5.41, 5.74) is 2.55. The zero-order valence-electron chi connectivity index (χ0n) is 11.4. The van der Waals surface area contributed by atoms with Gasteiger partial charge in [-0.2, -0.15) is 0 Å². The first-order chi connectivity index (χ1) is 8.70. The number of carbonyl (C=O) groups excluding carboxylic acids is 1. The molecule has 0 aromatic heterocycles. The van der Waals surface area contributed by atoms with Crippen LogP contribution in [0.25, 0.3) is 0 Å². The molecule has 1 aromatic rings. The molecule has 0 saturated heterocycles. The molecule has 2 heteroatoms. The number of ether oxygens (including phenoxy) is 1. The molecule has 1 atom stereocenters. The van der Waals surface area contributed by atoms with E-state index in [1.54, 1.807) is 0 Å². The van der Waals surface area contributed by atoms with Crippen molar-refractivity contribution >= 4 is 5.78 Å². The summed E-state index contributed by atoms with van der Waals surface area (Å²) in [4.78, 5) is 11.9. The van der Waals surface area contributed by atoms with E-state index in [0.717, 1.165) is 38.0 Å². The Morgan fingerprint density at radius 3 is 3.06 bits per heavy atom. The second-order valence-electron chi connectivity index (χ2n) is 5.20. The number of Topliss-reactive ketones (excluding diaryl/α,β-unsaturated/α-hetero) is 1. The van der Waals surface area contributed by atoms with Gasteiger partial charge in [0.2, 0.25) is 0 Å². The van der Waals surface area contributed by atoms with E-state index >= 15 is 0 Å². The van der Waals surface area contributed by atoms with Gasteiger partial charge in [-0.05, 0) is 30.0 Å². The van der Waals surface area contributed by atoms with Crippen LogP contribution in [0, 0.1) is 5.92 Å². The Hall–Kier alpha value is -1.31. The standard InChI is InChI=1S/C16H22O2/c1-3-4-12(2)15(17)7-5-13-6-8-16-14(11-13)9-10-18-16/h6,8,11-12H,3-5,7,9-10H2,1-2H3. The highest BCUT2D eigenvalue weighted by Gasteiger charge is 2.14. The van der Waals surface area contributed by atoms with Crippen LogP contribution in [0.1, 0.15) is 44.2 Å². The van der Waals surface area contributed by atoms with Crippen molar-refractivity contribution in [2.75, 3.05) is 6.61 Å². The Kier molecular flexibility index (Phi) is 4.40. The number of hydrogen-bond acceptors (Lipinski definition) is 2. The van der Waals surface area contributed by atoms with Gasteiger partial charge in [-0.3, -0.25) is 4.79 Å². The van der Waals surface area contributed by atoms with Crippen molar-refractivity contribution in [3.05, 3.63) is 29.3 Å². The van der Waals surface area contributed by atoms with E-state index in [2.05, 4.69) is 19.1 Å². The van der Waals surface area contributed by atoms with Crippen LogP contribution in [0.15, 0.2) is 18.2 Å². The van der Waals surface area contributed by atoms with Crippen LogP contribution in [0.4, 0.5) is 0 Å². The molecule has 2 rings (SSSR count). The molecule has 0 saturated carbocycles. The second-order valence-corrected chi connectivity index (χ2v) is 5.20. The van der Waals surface area contributed by atoms with Crippen molar-refractivity contribution in [1.29, 1.82) is 0 Å². The summed E-state index contributed by atoms with van der Waals surface area (Å²) in [5, 5.41) is 0. The highest BCUT2D eigenvalue weighted by molar-refractivity contribution is 5.80. The van der Waals surface area contributed by atoms with Crippen LogP contribution in [0.2, 0.25) is 0 Å². The Morgan fingerprint density at radius 1 is 1.44 bits per heavy atom. The van der Waals surface area contributed by atoms with E-state index in [1.165, 1.54) is 11.1 Å². The van der Waals surface area contributed by atoms with Gasteiger partial charge in [0.05, 0.1) is 6.61 Å². The van der Waals surface area contributed by atoms with Gasteiger partial charge in [-0.25, -0.2) is 0 Å². The first-order valence-corrected chi connectivity index (χ1v) is 6.98. The molecule has 1 unspecified atom stereocenters. The van der Waals surface area contributed by atoms with Crippen LogP contribution >= 0.6 is 0 Å². The molecule has 18 heavy (non-hydrogen) atoms. The second kappa shape index (κ2) is 6.03. The normalized spacial score (nSPS) is 15.0. The molecule has 1 aliphatic rings. The maximum Gasteiger partial charge on any atom is 0.136 e. The minimum absolute atomic E-state index is 0.216. The SMILES string of the molecule is CCCC(C)C(=O)CCc1ccc2c(c1)CCO2. The topological polar surface area (TPSA) is 26.3 Å². The lowest BCUT2D eigenvalue weighted by Crippen LogP contribution is -2.11. The number of hydrogen-bond donors (Lipinski definition) is 0. The molecule has 1 aliphatic heterocycles. The van der Waals surface area contributed by atoms with Crippen LogP contribution in [-0.2, 0) is 17.6 Å². The van der Waals surface area contributed by atoms with Crippen LogP contribution in [0.5, 0.6) is 5.75 Å². The summed E-state index contributed by atoms with van der Waals surface area (Å²) in [6, 6.07) is 6.32. The molecule has 98 valence electrons. The van der Waals surface area contributed by atoms with E-state index in [1.807, 2.05) is 13.0 Å². The molecule has 1 aromatic carbocycles. The third kappa shape index (κ3) is 3.12. The molecular formula is C16H22O2. The average Bonchev–Trinajstić information content (AvgIpc) is 2.83. The molecule has 0 spiro atoms. The maximum atomic E-state index is 11.9. The summed E-state index contributed by atoms with van der Waals surface area (Å²) in [5.74, 6) is 1.63. The summed E-state index contributed by atoms with van der Waals surface area (Å²) in [6.07, 6.45) is 4.63. The molecule has 0 aliphatic carbocycles. The fourth-order valence-corrected chi connectivity index (χ4v) is 2.50. The fraction of sp³-hybridized carbons (Fsp3) is 0.562. The van der Waals surface area contributed by atoms with Crippen molar-refractivity contribution in [2.24, 2.45) is 5.92 Å². The minimum atomic E-state index is 0.216. The first-order valence-electron chi connectivity index (χ1n) is 6.98. The van der Waals surface area contributed by atoms with E-state index < -0.39 is 0 Å². The predicted molar refractivity (Wildman–Crippen MR) is 73.0 cm³/mol. The first kappa shape index (κ1) is 13.1. The molecular weight excluding hydrogens is 224 g/mol. The zero-order valence-corrected chi connectivity index (χ0v) is 11.4. The van der Waals surface area contributed by atoms with Gasteiger partial charge in [-0.1, -0.05) is 32.4 Å². The van der Waals surface area contributed by atoms with E-state index in [0.29, 0.717) is 12.2 Å². The van der Waals surface area contributed by atoms with E-state index in [4.69, 9.17) is 4.74 Å². The number of benzene rings is 1. The van der Waals surface area contributed by atoms with Gasteiger partial charge in [0, 0.05) is 18.8 Å². The maximum absolute atomic E-state index is 11.9. The third-order valence-electron chi connectivity index (χ3n) is 3.69. The number of carbonyl (C=O) groups is 1.